The highest BCUT2D eigenvalue weighted by molar-refractivity contribution is 9.11. The van der Waals surface area contributed by atoms with E-state index in [4.69, 9.17) is 0 Å². The number of nitrogens with zero attached hydrogens (tertiary/aromatic N) is 1. The number of hydrogen-bond acceptors (Lipinski definition) is 4. The number of amides is 3. The summed E-state index contributed by atoms with van der Waals surface area (Å²) in [5.41, 5.74) is 0.936. The van der Waals surface area contributed by atoms with Gasteiger partial charge >= 0.3 is 0 Å². The molecule has 1 aliphatic heterocycles. The van der Waals surface area contributed by atoms with Crippen molar-refractivity contribution in [2.24, 2.45) is 0 Å². The number of nitrogens with one attached hydrogen (secondary N) is 2. The van der Waals surface area contributed by atoms with Crippen LogP contribution in [0.1, 0.15) is 59.2 Å². The number of anilines is 1. The normalized spacial score (nSPS) is 16.4. The number of carbonyl (C=O) groups is 3. The number of hydrogen-bond donors (Lipinski definition) is 2. The van der Waals surface area contributed by atoms with E-state index in [0.29, 0.717) is 16.1 Å². The van der Waals surface area contributed by atoms with Crippen molar-refractivity contribution >= 4 is 50.7 Å². The Morgan fingerprint density at radius 1 is 1.20 bits per heavy atom. The van der Waals surface area contributed by atoms with E-state index in [9.17, 15) is 14.4 Å². The van der Waals surface area contributed by atoms with Gasteiger partial charge in [0.25, 0.3) is 11.8 Å². The number of benzene rings is 1. The lowest BCUT2D eigenvalue weighted by Gasteiger charge is -2.25. The molecule has 0 aliphatic carbocycles. The molecule has 3 amide bonds. The van der Waals surface area contributed by atoms with Crippen molar-refractivity contribution in [2.75, 3.05) is 11.9 Å². The van der Waals surface area contributed by atoms with Crippen molar-refractivity contribution in [1.29, 1.82) is 0 Å². The molecule has 0 spiro atoms. The second-order valence-corrected chi connectivity index (χ2v) is 10.6. The van der Waals surface area contributed by atoms with Gasteiger partial charge in [0.15, 0.2) is 0 Å². The molecule has 30 heavy (non-hydrogen) atoms. The van der Waals surface area contributed by atoms with Crippen molar-refractivity contribution in [1.82, 2.24) is 10.2 Å². The Morgan fingerprint density at radius 3 is 2.50 bits per heavy atom. The third-order valence-corrected chi connectivity index (χ3v) is 6.94. The average Bonchev–Trinajstić information content (AvgIpc) is 3.29. The van der Waals surface area contributed by atoms with E-state index < -0.39 is 5.54 Å². The molecule has 0 bridgehead atoms. The first-order chi connectivity index (χ1) is 14.1. The van der Waals surface area contributed by atoms with E-state index in [0.717, 1.165) is 28.7 Å². The van der Waals surface area contributed by atoms with Gasteiger partial charge in [-0.2, -0.15) is 0 Å². The van der Waals surface area contributed by atoms with Crippen LogP contribution in [0.25, 0.3) is 0 Å². The summed E-state index contributed by atoms with van der Waals surface area (Å²) in [5.74, 6) is -0.606. The van der Waals surface area contributed by atoms with Gasteiger partial charge in [-0.25, -0.2) is 0 Å². The maximum Gasteiger partial charge on any atom is 0.262 e. The molecule has 1 unspecified atom stereocenters. The lowest BCUT2D eigenvalue weighted by molar-refractivity contribution is -0.120. The first-order valence-electron chi connectivity index (χ1n) is 9.89. The van der Waals surface area contributed by atoms with Crippen molar-refractivity contribution in [2.45, 2.75) is 52.1 Å². The summed E-state index contributed by atoms with van der Waals surface area (Å²) in [6, 6.07) is 9.03. The summed E-state index contributed by atoms with van der Waals surface area (Å²) in [7, 11) is 0. The minimum atomic E-state index is -1.11. The molecule has 8 heteroatoms. The summed E-state index contributed by atoms with van der Waals surface area (Å²) in [5, 5.41) is 5.62. The summed E-state index contributed by atoms with van der Waals surface area (Å²) in [4.78, 5) is 40.4. The monoisotopic (exact) mass is 491 g/mol. The fourth-order valence-electron chi connectivity index (χ4n) is 3.50. The zero-order valence-electron chi connectivity index (χ0n) is 17.5. The maximum atomic E-state index is 12.8. The van der Waals surface area contributed by atoms with Crippen LogP contribution in [-0.2, 0) is 4.79 Å². The minimum Gasteiger partial charge on any atom is -0.337 e. The zero-order chi connectivity index (χ0) is 22.1. The Bertz CT molecular complexity index is 986. The molecule has 1 fully saturated rings. The van der Waals surface area contributed by atoms with Gasteiger partial charge in [-0.15, -0.1) is 11.3 Å². The van der Waals surface area contributed by atoms with Crippen LogP contribution in [0.15, 0.2) is 34.1 Å². The number of likely N-dealkylation sites (tertiary alicyclic amines) is 1. The number of halogens is 1. The summed E-state index contributed by atoms with van der Waals surface area (Å²) >= 11 is 4.64. The molecule has 1 aromatic carbocycles. The van der Waals surface area contributed by atoms with E-state index in [1.54, 1.807) is 44.2 Å². The number of rotatable bonds is 5. The molecule has 160 valence electrons. The first kappa shape index (κ1) is 22.5. The Kier molecular flexibility index (Phi) is 6.67. The lowest BCUT2D eigenvalue weighted by atomic mass is 10.0. The minimum absolute atomic E-state index is 0.0325. The molecule has 6 nitrogen and oxygen atoms in total. The average molecular weight is 492 g/mol. The topological polar surface area (TPSA) is 78.5 Å². The van der Waals surface area contributed by atoms with Crippen molar-refractivity contribution in [3.8, 4) is 0 Å². The van der Waals surface area contributed by atoms with Crippen LogP contribution in [0.3, 0.4) is 0 Å². The molecule has 1 aromatic heterocycles. The van der Waals surface area contributed by atoms with Gasteiger partial charge in [-0.3, -0.25) is 14.4 Å². The molecule has 1 saturated heterocycles. The molecular weight excluding hydrogens is 466 g/mol. The molecule has 0 radical (unpaired) electrons. The van der Waals surface area contributed by atoms with Gasteiger partial charge in [0.2, 0.25) is 5.91 Å². The van der Waals surface area contributed by atoms with Crippen molar-refractivity contribution < 1.29 is 14.4 Å². The molecule has 3 rings (SSSR count). The van der Waals surface area contributed by atoms with Gasteiger partial charge in [-0.05, 0) is 92.4 Å². The fourth-order valence-corrected chi connectivity index (χ4v) is 4.78. The van der Waals surface area contributed by atoms with Gasteiger partial charge in [-0.1, -0.05) is 0 Å². The molecule has 2 aromatic rings. The third-order valence-electron chi connectivity index (χ3n) is 5.32. The molecule has 1 atom stereocenters. The first-order valence-corrected chi connectivity index (χ1v) is 11.5. The number of carbonyl (C=O) groups excluding carboxylic acids is 3. The third kappa shape index (κ3) is 4.92. The van der Waals surface area contributed by atoms with E-state index in [1.165, 1.54) is 11.3 Å². The van der Waals surface area contributed by atoms with Crippen molar-refractivity contribution in [3.05, 3.63) is 50.1 Å². The SMILES string of the molecule is Cc1cc(NC(=O)C(C)(C)NC(=O)c2ccc(Br)s2)ccc1C(=O)N1CCCC1C. The Labute approximate surface area is 189 Å². The van der Waals surface area contributed by atoms with Gasteiger partial charge < -0.3 is 15.5 Å². The predicted octanol–water partition coefficient (Wildman–Crippen LogP) is 4.59. The van der Waals surface area contributed by atoms with Crippen LogP contribution in [0.5, 0.6) is 0 Å². The summed E-state index contributed by atoms with van der Waals surface area (Å²) < 4.78 is 0.850. The maximum absolute atomic E-state index is 12.8. The van der Waals surface area contributed by atoms with E-state index >= 15 is 0 Å². The Hall–Kier alpha value is -2.19. The van der Waals surface area contributed by atoms with Gasteiger partial charge in [0.1, 0.15) is 5.54 Å². The largest absolute Gasteiger partial charge is 0.337 e. The van der Waals surface area contributed by atoms with E-state index in [-0.39, 0.29) is 23.8 Å². The summed E-state index contributed by atoms with van der Waals surface area (Å²) in [6.07, 6.45) is 2.06. The Balaban J connectivity index is 1.67. The van der Waals surface area contributed by atoms with Crippen LogP contribution >= 0.6 is 27.3 Å². The highest BCUT2D eigenvalue weighted by Gasteiger charge is 2.31. The number of thiophene rings is 1. The second-order valence-electron chi connectivity index (χ2n) is 8.16. The molecule has 0 saturated carbocycles. The molecule has 2 heterocycles. The molecule has 1 aliphatic rings. The standard InChI is InChI=1S/C22H26BrN3O3S/c1-13-12-15(7-8-16(13)20(28)26-11-5-6-14(26)2)24-21(29)22(3,4)25-19(27)17-9-10-18(23)30-17/h7-10,12,14H,5-6,11H2,1-4H3,(H,24,29)(H,25,27). The predicted molar refractivity (Wildman–Crippen MR) is 123 cm³/mol. The fraction of sp³-hybridized carbons (Fsp3) is 0.409. The van der Waals surface area contributed by atoms with Crippen molar-refractivity contribution in [3.63, 3.8) is 0 Å². The van der Waals surface area contributed by atoms with E-state index in [1.807, 2.05) is 11.8 Å². The Morgan fingerprint density at radius 2 is 1.93 bits per heavy atom. The zero-order valence-corrected chi connectivity index (χ0v) is 19.9. The quantitative estimate of drug-likeness (QED) is 0.641. The van der Waals surface area contributed by atoms with Crippen LogP contribution in [0.4, 0.5) is 5.69 Å². The number of aryl methyl sites for hydroxylation is 1. The highest BCUT2D eigenvalue weighted by atomic mass is 79.9. The van der Waals surface area contributed by atoms with Crippen LogP contribution in [-0.4, -0.2) is 40.7 Å². The lowest BCUT2D eigenvalue weighted by Crippen LogP contribution is -2.52. The van der Waals surface area contributed by atoms with Crippen LogP contribution < -0.4 is 10.6 Å². The second kappa shape index (κ2) is 8.89. The van der Waals surface area contributed by atoms with Gasteiger partial charge in [0, 0.05) is 23.8 Å². The smallest absolute Gasteiger partial charge is 0.262 e. The highest BCUT2D eigenvalue weighted by Crippen LogP contribution is 2.24. The van der Waals surface area contributed by atoms with Crippen LogP contribution in [0.2, 0.25) is 0 Å². The van der Waals surface area contributed by atoms with E-state index in [2.05, 4.69) is 33.5 Å². The molecular formula is C22H26BrN3O3S. The molecule has 2 N–H and O–H groups in total. The summed E-state index contributed by atoms with van der Waals surface area (Å²) in [6.45, 7) is 8.03. The van der Waals surface area contributed by atoms with Gasteiger partial charge in [0.05, 0.1) is 8.66 Å². The van der Waals surface area contributed by atoms with Crippen LogP contribution in [0, 0.1) is 6.92 Å².